The van der Waals surface area contributed by atoms with Crippen LogP contribution in [0.25, 0.3) is 0 Å². The number of hydrogen-bond acceptors (Lipinski definition) is 3. The molecule has 0 aliphatic carbocycles. The summed E-state index contributed by atoms with van der Waals surface area (Å²) in [7, 11) is -3.60. The Morgan fingerprint density at radius 3 is 2.47 bits per heavy atom. The van der Waals surface area contributed by atoms with Gasteiger partial charge < -0.3 is 0 Å². The number of hydrogen-bond donors (Lipinski definition) is 0. The molecule has 4 heteroatoms. The molecule has 1 aromatic carbocycles. The van der Waals surface area contributed by atoms with Gasteiger partial charge in [0.25, 0.3) is 10.1 Å². The van der Waals surface area contributed by atoms with Crippen LogP contribution in [0.4, 0.5) is 0 Å². The largest absolute Gasteiger partial charge is 0.296 e. The summed E-state index contributed by atoms with van der Waals surface area (Å²) in [6, 6.07) is 6.56. The predicted octanol–water partition coefficient (Wildman–Crippen LogP) is 2.28. The van der Waals surface area contributed by atoms with E-state index < -0.39 is 10.1 Å². The van der Waals surface area contributed by atoms with E-state index in [4.69, 9.17) is 4.18 Å². The van der Waals surface area contributed by atoms with E-state index in [-0.39, 0.29) is 11.5 Å². The third kappa shape index (κ3) is 3.49. The molecule has 0 saturated heterocycles. The Bertz CT molecular complexity index is 418. The summed E-state index contributed by atoms with van der Waals surface area (Å²) in [4.78, 5) is 0.192. The van der Waals surface area contributed by atoms with Crippen LogP contribution >= 0.6 is 0 Å². The molecular weight excluding hydrogens is 213 g/mol. The van der Waals surface area contributed by atoms with E-state index in [9.17, 15) is 8.42 Å². The summed E-state index contributed by atoms with van der Waals surface area (Å²) in [5.74, 6) is 0. The first-order chi connectivity index (χ1) is 7.06. The molecule has 0 saturated carbocycles. The first kappa shape index (κ1) is 11.9. The summed E-state index contributed by atoms with van der Waals surface area (Å²) in [5.41, 5.74) is 1.01. The van der Waals surface area contributed by atoms with Gasteiger partial charge in [-0.2, -0.15) is 8.42 Å². The number of benzene rings is 1. The van der Waals surface area contributed by atoms with Crippen LogP contribution in [0.3, 0.4) is 0 Å². The second kappa shape index (κ2) is 5.09. The molecular formula is C11H14O3S. The van der Waals surface area contributed by atoms with E-state index in [2.05, 4.69) is 6.58 Å². The van der Waals surface area contributed by atoms with Crippen molar-refractivity contribution < 1.29 is 12.6 Å². The van der Waals surface area contributed by atoms with Crippen LogP contribution in [0.15, 0.2) is 41.8 Å². The van der Waals surface area contributed by atoms with Gasteiger partial charge in [-0.3, -0.25) is 4.18 Å². The van der Waals surface area contributed by atoms with Crippen molar-refractivity contribution in [1.82, 2.24) is 0 Å². The van der Waals surface area contributed by atoms with Crippen molar-refractivity contribution in [3.8, 4) is 0 Å². The van der Waals surface area contributed by atoms with Crippen molar-refractivity contribution in [3.05, 3.63) is 42.5 Å². The standard InChI is InChI=1S/C11H14O3S/c1-3-4-9-14-15(12,13)11-7-5-10(2)6-8-11/h3,5-8H,1,4,9H2,2H3/i9+1. The van der Waals surface area contributed by atoms with E-state index in [1.807, 2.05) is 6.92 Å². The molecule has 0 atom stereocenters. The van der Waals surface area contributed by atoms with Gasteiger partial charge in [0.2, 0.25) is 0 Å². The Balaban J connectivity index is 2.77. The molecule has 1 aromatic rings. The van der Waals surface area contributed by atoms with Crippen molar-refractivity contribution in [2.24, 2.45) is 0 Å². The van der Waals surface area contributed by atoms with Gasteiger partial charge in [0.15, 0.2) is 0 Å². The van der Waals surface area contributed by atoms with Crippen LogP contribution in [-0.2, 0) is 14.3 Å². The molecule has 0 bridgehead atoms. The Labute approximate surface area is 90.5 Å². The lowest BCUT2D eigenvalue weighted by molar-refractivity contribution is 0.325. The second-order valence-electron chi connectivity index (χ2n) is 3.17. The molecule has 0 unspecified atom stereocenters. The molecule has 0 amide bonds. The highest BCUT2D eigenvalue weighted by atomic mass is 32.2. The van der Waals surface area contributed by atoms with Crippen molar-refractivity contribution in [2.75, 3.05) is 6.61 Å². The fraction of sp³-hybridized carbons (Fsp3) is 0.273. The fourth-order valence-corrected chi connectivity index (χ4v) is 1.94. The van der Waals surface area contributed by atoms with E-state index in [1.54, 1.807) is 30.3 Å². The molecule has 1 rings (SSSR count). The third-order valence-corrected chi connectivity index (χ3v) is 3.20. The highest BCUT2D eigenvalue weighted by molar-refractivity contribution is 7.86. The van der Waals surface area contributed by atoms with Crippen molar-refractivity contribution in [3.63, 3.8) is 0 Å². The predicted molar refractivity (Wildman–Crippen MR) is 59.1 cm³/mol. The Kier molecular flexibility index (Phi) is 4.05. The highest BCUT2D eigenvalue weighted by Crippen LogP contribution is 2.13. The molecule has 0 radical (unpaired) electrons. The second-order valence-corrected chi connectivity index (χ2v) is 4.78. The quantitative estimate of drug-likeness (QED) is 0.335. The first-order valence-electron chi connectivity index (χ1n) is 4.63. The molecule has 15 heavy (non-hydrogen) atoms. The van der Waals surface area contributed by atoms with Crippen LogP contribution in [0.2, 0.25) is 0 Å². The van der Waals surface area contributed by atoms with E-state index >= 15 is 0 Å². The summed E-state index contributed by atoms with van der Waals surface area (Å²) < 4.78 is 27.9. The van der Waals surface area contributed by atoms with Crippen molar-refractivity contribution in [2.45, 2.75) is 18.2 Å². The normalized spacial score (nSPS) is 11.3. The maximum atomic E-state index is 11.6. The van der Waals surface area contributed by atoms with Crippen molar-refractivity contribution >= 4 is 10.1 Å². The summed E-state index contributed by atoms with van der Waals surface area (Å²) in [6.45, 7) is 5.53. The summed E-state index contributed by atoms with van der Waals surface area (Å²) >= 11 is 0. The molecule has 82 valence electrons. The van der Waals surface area contributed by atoms with Crippen LogP contribution in [0.5, 0.6) is 0 Å². The fourth-order valence-electron chi connectivity index (χ4n) is 1.01. The molecule has 0 aromatic heterocycles. The zero-order valence-corrected chi connectivity index (χ0v) is 9.46. The van der Waals surface area contributed by atoms with Crippen LogP contribution in [0.1, 0.15) is 12.0 Å². The average molecular weight is 227 g/mol. The van der Waals surface area contributed by atoms with Gasteiger partial charge in [-0.25, -0.2) is 0 Å². The summed E-state index contributed by atoms with van der Waals surface area (Å²) in [5, 5.41) is 0. The van der Waals surface area contributed by atoms with E-state index in [0.29, 0.717) is 6.42 Å². The van der Waals surface area contributed by atoms with Gasteiger partial charge in [0, 0.05) is 0 Å². The molecule has 0 fully saturated rings. The number of rotatable bonds is 5. The minimum Gasteiger partial charge on any atom is -0.266 e. The van der Waals surface area contributed by atoms with Gasteiger partial charge in [-0.05, 0) is 25.5 Å². The van der Waals surface area contributed by atoms with E-state index in [0.717, 1.165) is 5.56 Å². The van der Waals surface area contributed by atoms with Crippen LogP contribution in [0, 0.1) is 6.92 Å². The van der Waals surface area contributed by atoms with Gasteiger partial charge in [-0.15, -0.1) is 6.58 Å². The average Bonchev–Trinajstić information content (AvgIpc) is 2.18. The third-order valence-electron chi connectivity index (χ3n) is 1.87. The highest BCUT2D eigenvalue weighted by Gasteiger charge is 2.13. The molecule has 0 aliphatic heterocycles. The van der Waals surface area contributed by atoms with Crippen molar-refractivity contribution in [1.29, 1.82) is 0 Å². The van der Waals surface area contributed by atoms with Gasteiger partial charge in [0.05, 0.1) is 11.5 Å². The van der Waals surface area contributed by atoms with Crippen LogP contribution in [-0.4, -0.2) is 15.0 Å². The lowest BCUT2D eigenvalue weighted by Gasteiger charge is -2.04. The molecule has 0 aliphatic rings. The molecule has 0 N–H and O–H groups in total. The Hall–Kier alpha value is -1.13. The SMILES string of the molecule is C=CC[13CH2]OS(=O)(=O)c1ccc(C)cc1. The Morgan fingerprint density at radius 2 is 1.93 bits per heavy atom. The number of aryl methyl sites for hydroxylation is 1. The van der Waals surface area contributed by atoms with Crippen LogP contribution < -0.4 is 0 Å². The smallest absolute Gasteiger partial charge is 0.266 e. The Morgan fingerprint density at radius 1 is 1.33 bits per heavy atom. The maximum absolute atomic E-state index is 11.6. The molecule has 0 heterocycles. The lowest BCUT2D eigenvalue weighted by atomic mass is 10.2. The van der Waals surface area contributed by atoms with Gasteiger partial charge in [-0.1, -0.05) is 23.8 Å². The molecule has 3 nitrogen and oxygen atoms in total. The zero-order chi connectivity index (χ0) is 11.3. The monoisotopic (exact) mass is 227 g/mol. The minimum atomic E-state index is -3.60. The molecule has 0 spiro atoms. The zero-order valence-electron chi connectivity index (χ0n) is 8.64. The summed E-state index contributed by atoms with van der Waals surface area (Å²) in [6.07, 6.45) is 2.13. The maximum Gasteiger partial charge on any atom is 0.296 e. The van der Waals surface area contributed by atoms with E-state index in [1.165, 1.54) is 0 Å². The minimum absolute atomic E-state index is 0.139. The topological polar surface area (TPSA) is 43.4 Å². The lowest BCUT2D eigenvalue weighted by Crippen LogP contribution is -2.07. The van der Waals surface area contributed by atoms with Gasteiger partial charge >= 0.3 is 0 Å². The van der Waals surface area contributed by atoms with Gasteiger partial charge in [0.1, 0.15) is 0 Å². The first-order valence-corrected chi connectivity index (χ1v) is 6.04.